The van der Waals surface area contributed by atoms with Crippen LogP contribution in [0.1, 0.15) is 44.0 Å². The van der Waals surface area contributed by atoms with Crippen LogP contribution in [0.4, 0.5) is 0 Å². The summed E-state index contributed by atoms with van der Waals surface area (Å²) in [6.07, 6.45) is 2.26. The van der Waals surface area contributed by atoms with E-state index in [-0.39, 0.29) is 0 Å². The fourth-order valence-corrected chi connectivity index (χ4v) is 2.37. The summed E-state index contributed by atoms with van der Waals surface area (Å²) >= 11 is 3.79. The van der Waals surface area contributed by atoms with Gasteiger partial charge in [-0.3, -0.25) is 0 Å². The standard InChI is InChI=1S/C16H25BrO/c1-13(2)9-11-18-12-10-14(3)16(17)15-7-5-4-6-8-15/h4-8,13-14,16H,9-12H2,1-3H3. The molecule has 0 aliphatic heterocycles. The molecule has 2 unspecified atom stereocenters. The summed E-state index contributed by atoms with van der Waals surface area (Å²) in [5.41, 5.74) is 1.35. The molecule has 0 aliphatic carbocycles. The number of hydrogen-bond donors (Lipinski definition) is 0. The van der Waals surface area contributed by atoms with E-state index in [1.54, 1.807) is 0 Å². The zero-order valence-corrected chi connectivity index (χ0v) is 13.3. The van der Waals surface area contributed by atoms with Crippen molar-refractivity contribution < 1.29 is 4.74 Å². The SMILES string of the molecule is CC(C)CCOCCC(C)C(Br)c1ccccc1. The van der Waals surface area contributed by atoms with Gasteiger partial charge in [0.2, 0.25) is 0 Å². The Balaban J connectivity index is 2.22. The van der Waals surface area contributed by atoms with Crippen LogP contribution in [-0.2, 0) is 4.74 Å². The van der Waals surface area contributed by atoms with Gasteiger partial charge in [-0.15, -0.1) is 0 Å². The first-order valence-corrected chi connectivity index (χ1v) is 7.79. The van der Waals surface area contributed by atoms with Crippen molar-refractivity contribution in [3.8, 4) is 0 Å². The molecule has 0 spiro atoms. The van der Waals surface area contributed by atoms with Crippen molar-refractivity contribution >= 4 is 15.9 Å². The number of benzene rings is 1. The normalized spacial score (nSPS) is 14.7. The van der Waals surface area contributed by atoms with E-state index in [9.17, 15) is 0 Å². The summed E-state index contributed by atoms with van der Waals surface area (Å²) < 4.78 is 5.68. The molecule has 0 bridgehead atoms. The summed E-state index contributed by atoms with van der Waals surface area (Å²) in [7, 11) is 0. The van der Waals surface area contributed by atoms with Crippen molar-refractivity contribution in [1.29, 1.82) is 0 Å². The van der Waals surface area contributed by atoms with Crippen LogP contribution < -0.4 is 0 Å². The highest BCUT2D eigenvalue weighted by molar-refractivity contribution is 9.09. The Labute approximate surface area is 120 Å². The predicted molar refractivity (Wildman–Crippen MR) is 82.2 cm³/mol. The van der Waals surface area contributed by atoms with Gasteiger partial charge in [0.05, 0.1) is 0 Å². The van der Waals surface area contributed by atoms with Crippen LogP contribution in [0.3, 0.4) is 0 Å². The Morgan fingerprint density at radius 1 is 1.00 bits per heavy atom. The van der Waals surface area contributed by atoms with Crippen LogP contribution >= 0.6 is 15.9 Å². The second-order valence-corrected chi connectivity index (χ2v) is 6.36. The Kier molecular flexibility index (Phi) is 7.60. The van der Waals surface area contributed by atoms with Gasteiger partial charge in [-0.25, -0.2) is 0 Å². The van der Waals surface area contributed by atoms with Gasteiger partial charge in [0.25, 0.3) is 0 Å². The third-order valence-corrected chi connectivity index (χ3v) is 4.61. The van der Waals surface area contributed by atoms with Crippen LogP contribution in [-0.4, -0.2) is 13.2 Å². The summed E-state index contributed by atoms with van der Waals surface area (Å²) in [6, 6.07) is 10.6. The largest absolute Gasteiger partial charge is 0.381 e. The second kappa shape index (κ2) is 8.71. The van der Waals surface area contributed by atoms with Gasteiger partial charge in [-0.2, -0.15) is 0 Å². The Bertz CT molecular complexity index is 310. The molecule has 0 heterocycles. The zero-order chi connectivity index (χ0) is 13.4. The van der Waals surface area contributed by atoms with Crippen LogP contribution in [0.25, 0.3) is 0 Å². The number of halogens is 1. The molecular formula is C16H25BrO. The summed E-state index contributed by atoms with van der Waals surface area (Å²) in [6.45, 7) is 8.50. The van der Waals surface area contributed by atoms with Gasteiger partial charge in [-0.05, 0) is 30.2 Å². The van der Waals surface area contributed by atoms with Crippen molar-refractivity contribution in [2.75, 3.05) is 13.2 Å². The Morgan fingerprint density at radius 2 is 1.61 bits per heavy atom. The lowest BCUT2D eigenvalue weighted by Crippen LogP contribution is -2.08. The maximum absolute atomic E-state index is 5.68. The lowest BCUT2D eigenvalue weighted by molar-refractivity contribution is 0.112. The molecule has 0 saturated heterocycles. The van der Waals surface area contributed by atoms with E-state index >= 15 is 0 Å². The second-order valence-electron chi connectivity index (χ2n) is 5.37. The van der Waals surface area contributed by atoms with E-state index in [1.165, 1.54) is 5.56 Å². The van der Waals surface area contributed by atoms with Crippen LogP contribution in [0.5, 0.6) is 0 Å². The molecule has 0 aromatic heterocycles. The zero-order valence-electron chi connectivity index (χ0n) is 11.7. The molecule has 0 aliphatic rings. The van der Waals surface area contributed by atoms with Crippen LogP contribution in [0.15, 0.2) is 30.3 Å². The molecule has 0 N–H and O–H groups in total. The first-order valence-electron chi connectivity index (χ1n) is 6.88. The molecule has 2 heteroatoms. The molecule has 0 amide bonds. The minimum Gasteiger partial charge on any atom is -0.381 e. The van der Waals surface area contributed by atoms with E-state index < -0.39 is 0 Å². The fraction of sp³-hybridized carbons (Fsp3) is 0.625. The Hall–Kier alpha value is -0.340. The Morgan fingerprint density at radius 3 is 2.22 bits per heavy atom. The van der Waals surface area contributed by atoms with Gasteiger partial charge in [0, 0.05) is 18.0 Å². The summed E-state index contributed by atoms with van der Waals surface area (Å²) in [5.74, 6) is 1.32. The summed E-state index contributed by atoms with van der Waals surface area (Å²) in [4.78, 5) is 0.424. The lowest BCUT2D eigenvalue weighted by atomic mass is 9.98. The average molecular weight is 313 g/mol. The highest BCUT2D eigenvalue weighted by atomic mass is 79.9. The minimum atomic E-state index is 0.424. The fourth-order valence-electron chi connectivity index (χ4n) is 1.80. The smallest absolute Gasteiger partial charge is 0.0469 e. The molecule has 18 heavy (non-hydrogen) atoms. The maximum Gasteiger partial charge on any atom is 0.0469 e. The molecule has 0 fully saturated rings. The van der Waals surface area contributed by atoms with Crippen molar-refractivity contribution in [3.05, 3.63) is 35.9 Å². The van der Waals surface area contributed by atoms with Crippen LogP contribution in [0, 0.1) is 11.8 Å². The number of alkyl halides is 1. The third-order valence-electron chi connectivity index (χ3n) is 3.17. The topological polar surface area (TPSA) is 9.23 Å². The van der Waals surface area contributed by atoms with E-state index in [2.05, 4.69) is 67.0 Å². The molecule has 2 atom stereocenters. The van der Waals surface area contributed by atoms with E-state index in [4.69, 9.17) is 4.74 Å². The minimum absolute atomic E-state index is 0.424. The first kappa shape index (κ1) is 15.7. The highest BCUT2D eigenvalue weighted by Gasteiger charge is 2.15. The van der Waals surface area contributed by atoms with Gasteiger partial charge >= 0.3 is 0 Å². The molecule has 0 saturated carbocycles. The van der Waals surface area contributed by atoms with Crippen LogP contribution in [0.2, 0.25) is 0 Å². The molecule has 0 radical (unpaired) electrons. The first-order chi connectivity index (χ1) is 8.61. The molecule has 102 valence electrons. The monoisotopic (exact) mass is 312 g/mol. The van der Waals surface area contributed by atoms with Gasteiger partial charge in [0.1, 0.15) is 0 Å². The highest BCUT2D eigenvalue weighted by Crippen LogP contribution is 2.32. The maximum atomic E-state index is 5.68. The summed E-state index contributed by atoms with van der Waals surface area (Å²) in [5, 5.41) is 0. The van der Waals surface area contributed by atoms with E-state index in [0.717, 1.165) is 32.0 Å². The van der Waals surface area contributed by atoms with Crippen molar-refractivity contribution in [2.24, 2.45) is 11.8 Å². The lowest BCUT2D eigenvalue weighted by Gasteiger charge is -2.18. The number of rotatable bonds is 8. The predicted octanol–water partition coefficient (Wildman–Crippen LogP) is 5.21. The average Bonchev–Trinajstić information content (AvgIpc) is 2.38. The third kappa shape index (κ3) is 6.01. The quantitative estimate of drug-likeness (QED) is 0.473. The number of ether oxygens (including phenoxy) is 1. The molecule has 1 nitrogen and oxygen atoms in total. The molecular weight excluding hydrogens is 288 g/mol. The molecule has 1 rings (SSSR count). The van der Waals surface area contributed by atoms with Crippen molar-refractivity contribution in [2.45, 2.75) is 38.4 Å². The molecule has 1 aromatic carbocycles. The van der Waals surface area contributed by atoms with Crippen molar-refractivity contribution in [3.63, 3.8) is 0 Å². The number of hydrogen-bond acceptors (Lipinski definition) is 1. The van der Waals surface area contributed by atoms with E-state index in [0.29, 0.717) is 10.7 Å². The van der Waals surface area contributed by atoms with E-state index in [1.807, 2.05) is 0 Å². The van der Waals surface area contributed by atoms with Gasteiger partial charge in [0.15, 0.2) is 0 Å². The van der Waals surface area contributed by atoms with Gasteiger partial charge in [-0.1, -0.05) is 67.0 Å². The van der Waals surface area contributed by atoms with Crippen molar-refractivity contribution in [1.82, 2.24) is 0 Å². The van der Waals surface area contributed by atoms with Gasteiger partial charge < -0.3 is 4.74 Å². The molecule has 1 aromatic rings.